The summed E-state index contributed by atoms with van der Waals surface area (Å²) in [6.07, 6.45) is 0. The summed E-state index contributed by atoms with van der Waals surface area (Å²) in [5, 5.41) is -0.0258. The molecule has 0 radical (unpaired) electrons. The number of rotatable bonds is 3. The van der Waals surface area contributed by atoms with Gasteiger partial charge < -0.3 is 15.2 Å². The second-order valence-corrected chi connectivity index (χ2v) is 4.34. The average molecular weight is 332 g/mol. The van der Waals surface area contributed by atoms with Crippen molar-refractivity contribution in [3.05, 3.63) is 28.0 Å². The Kier molecular flexibility index (Phi) is 3.83. The van der Waals surface area contributed by atoms with Crippen molar-refractivity contribution in [2.24, 2.45) is 0 Å². The molecule has 2 aromatic rings. The Morgan fingerprint density at radius 1 is 1.28 bits per heavy atom. The van der Waals surface area contributed by atoms with Gasteiger partial charge in [0.15, 0.2) is 0 Å². The first-order valence-corrected chi connectivity index (χ1v) is 5.94. The van der Waals surface area contributed by atoms with Gasteiger partial charge in [-0.2, -0.15) is 15.0 Å². The molecule has 6 nitrogen and oxygen atoms in total. The molecule has 1 aromatic carbocycles. The quantitative estimate of drug-likeness (QED) is 0.931. The SMILES string of the molecule is COc1ccc(Oc2nc(N)nc(Cl)n2)c(Br)c1. The minimum absolute atomic E-state index is 0.00497. The minimum Gasteiger partial charge on any atom is -0.497 e. The molecule has 0 saturated carbocycles. The molecule has 1 aromatic heterocycles. The van der Waals surface area contributed by atoms with E-state index in [4.69, 9.17) is 26.8 Å². The van der Waals surface area contributed by atoms with Gasteiger partial charge in [0.2, 0.25) is 11.2 Å². The van der Waals surface area contributed by atoms with Crippen molar-refractivity contribution >= 4 is 33.5 Å². The number of hydrogen-bond donors (Lipinski definition) is 1. The third-order valence-corrected chi connectivity index (χ3v) is 2.73. The lowest BCUT2D eigenvalue weighted by Crippen LogP contribution is -2.00. The summed E-state index contributed by atoms with van der Waals surface area (Å²) >= 11 is 8.99. The van der Waals surface area contributed by atoms with Crippen LogP contribution in [0, 0.1) is 0 Å². The Balaban J connectivity index is 2.28. The fourth-order valence-corrected chi connectivity index (χ4v) is 1.78. The maximum absolute atomic E-state index is 5.65. The van der Waals surface area contributed by atoms with Crippen LogP contribution in [-0.2, 0) is 0 Å². The standard InChI is InChI=1S/C10H8BrClN4O2/c1-17-5-2-3-7(6(11)4-5)18-10-15-8(12)14-9(13)16-10/h2-4H,1H3,(H2,13,14,15,16). The number of nitrogens with two attached hydrogens (primary N) is 1. The summed E-state index contributed by atoms with van der Waals surface area (Å²) in [5.74, 6) is 1.20. The van der Waals surface area contributed by atoms with Crippen LogP contribution in [0.4, 0.5) is 5.95 Å². The van der Waals surface area contributed by atoms with Crippen LogP contribution < -0.4 is 15.2 Å². The highest BCUT2D eigenvalue weighted by molar-refractivity contribution is 9.10. The van der Waals surface area contributed by atoms with Gasteiger partial charge in [-0.05, 0) is 45.7 Å². The summed E-state index contributed by atoms with van der Waals surface area (Å²) in [6, 6.07) is 5.23. The fourth-order valence-electron chi connectivity index (χ4n) is 1.18. The van der Waals surface area contributed by atoms with Crippen LogP contribution in [0.15, 0.2) is 22.7 Å². The van der Waals surface area contributed by atoms with Gasteiger partial charge in [0.25, 0.3) is 0 Å². The highest BCUT2D eigenvalue weighted by Crippen LogP contribution is 2.31. The van der Waals surface area contributed by atoms with Crippen molar-refractivity contribution in [3.63, 3.8) is 0 Å². The van der Waals surface area contributed by atoms with Gasteiger partial charge >= 0.3 is 6.01 Å². The monoisotopic (exact) mass is 330 g/mol. The summed E-state index contributed by atoms with van der Waals surface area (Å²) < 4.78 is 11.2. The van der Waals surface area contributed by atoms with E-state index in [0.717, 1.165) is 0 Å². The van der Waals surface area contributed by atoms with Crippen molar-refractivity contribution in [2.45, 2.75) is 0 Å². The zero-order valence-electron chi connectivity index (χ0n) is 9.22. The number of nitrogen functional groups attached to an aromatic ring is 1. The van der Waals surface area contributed by atoms with E-state index in [0.29, 0.717) is 16.0 Å². The molecule has 0 aliphatic rings. The highest BCUT2D eigenvalue weighted by atomic mass is 79.9. The van der Waals surface area contributed by atoms with Gasteiger partial charge in [-0.3, -0.25) is 0 Å². The second-order valence-electron chi connectivity index (χ2n) is 3.14. The molecular weight excluding hydrogens is 323 g/mol. The molecule has 0 aliphatic carbocycles. The van der Waals surface area contributed by atoms with Gasteiger partial charge in [-0.25, -0.2) is 0 Å². The first-order valence-electron chi connectivity index (χ1n) is 4.77. The first-order chi connectivity index (χ1) is 8.58. The molecule has 0 amide bonds. The van der Waals surface area contributed by atoms with Gasteiger partial charge in [-0.1, -0.05) is 0 Å². The van der Waals surface area contributed by atoms with Gasteiger partial charge in [0.1, 0.15) is 11.5 Å². The van der Waals surface area contributed by atoms with Crippen molar-refractivity contribution in [3.8, 4) is 17.5 Å². The molecule has 2 N–H and O–H groups in total. The topological polar surface area (TPSA) is 83.2 Å². The fraction of sp³-hybridized carbons (Fsp3) is 0.100. The van der Waals surface area contributed by atoms with E-state index in [1.807, 2.05) is 0 Å². The summed E-state index contributed by atoms with van der Waals surface area (Å²) in [4.78, 5) is 11.2. The van der Waals surface area contributed by atoms with Crippen molar-refractivity contribution in [2.75, 3.05) is 12.8 Å². The van der Waals surface area contributed by atoms with Crippen LogP contribution in [0.1, 0.15) is 0 Å². The van der Waals surface area contributed by atoms with Crippen LogP contribution in [0.3, 0.4) is 0 Å². The maximum atomic E-state index is 5.65. The smallest absolute Gasteiger partial charge is 0.328 e. The molecule has 0 fully saturated rings. The molecule has 0 aliphatic heterocycles. The summed E-state index contributed by atoms with van der Waals surface area (Å²) in [7, 11) is 1.58. The van der Waals surface area contributed by atoms with Crippen molar-refractivity contribution < 1.29 is 9.47 Å². The molecule has 1 heterocycles. The predicted octanol–water partition coefficient (Wildman–Crippen LogP) is 2.67. The predicted molar refractivity (Wildman–Crippen MR) is 70.0 cm³/mol. The third kappa shape index (κ3) is 2.99. The lowest BCUT2D eigenvalue weighted by molar-refractivity contribution is 0.409. The number of methoxy groups -OCH3 is 1. The molecular formula is C10H8BrClN4O2. The zero-order valence-corrected chi connectivity index (χ0v) is 11.6. The number of anilines is 1. The lowest BCUT2D eigenvalue weighted by atomic mass is 10.3. The summed E-state index contributed by atoms with van der Waals surface area (Å²) in [6.45, 7) is 0. The van der Waals surface area contributed by atoms with Crippen LogP contribution in [-0.4, -0.2) is 22.1 Å². The number of hydrogen-bond acceptors (Lipinski definition) is 6. The molecule has 8 heteroatoms. The number of ether oxygens (including phenoxy) is 2. The van der Waals surface area contributed by atoms with Crippen LogP contribution in [0.25, 0.3) is 0 Å². The second kappa shape index (κ2) is 5.36. The van der Waals surface area contributed by atoms with E-state index in [9.17, 15) is 0 Å². The van der Waals surface area contributed by atoms with Gasteiger partial charge in [0, 0.05) is 0 Å². The third-order valence-electron chi connectivity index (χ3n) is 1.95. The first kappa shape index (κ1) is 12.8. The molecule has 0 spiro atoms. The molecule has 2 rings (SSSR count). The normalized spacial score (nSPS) is 10.2. The highest BCUT2D eigenvalue weighted by Gasteiger charge is 2.08. The molecule has 0 unspecified atom stereocenters. The zero-order chi connectivity index (χ0) is 13.1. The molecule has 18 heavy (non-hydrogen) atoms. The maximum Gasteiger partial charge on any atom is 0.328 e. The van der Waals surface area contributed by atoms with E-state index in [1.54, 1.807) is 25.3 Å². The number of halogens is 2. The van der Waals surface area contributed by atoms with Crippen LogP contribution in [0.5, 0.6) is 17.5 Å². The van der Waals surface area contributed by atoms with E-state index in [-0.39, 0.29) is 17.2 Å². The average Bonchev–Trinajstić information content (AvgIpc) is 2.30. The largest absolute Gasteiger partial charge is 0.497 e. The van der Waals surface area contributed by atoms with Crippen LogP contribution in [0.2, 0.25) is 5.28 Å². The van der Waals surface area contributed by atoms with Crippen LogP contribution >= 0.6 is 27.5 Å². The van der Waals surface area contributed by atoms with E-state index >= 15 is 0 Å². The Labute approximate surface area is 116 Å². The number of aromatic nitrogens is 3. The minimum atomic E-state index is -0.0258. The lowest BCUT2D eigenvalue weighted by Gasteiger charge is -2.07. The van der Waals surface area contributed by atoms with E-state index in [2.05, 4.69) is 30.9 Å². The number of nitrogens with zero attached hydrogens (tertiary/aromatic N) is 3. The van der Waals surface area contributed by atoms with Gasteiger partial charge in [0.05, 0.1) is 11.6 Å². The van der Waals surface area contributed by atoms with Gasteiger partial charge in [-0.15, -0.1) is 0 Å². The van der Waals surface area contributed by atoms with E-state index < -0.39 is 0 Å². The van der Waals surface area contributed by atoms with E-state index in [1.165, 1.54) is 0 Å². The molecule has 0 bridgehead atoms. The molecule has 0 atom stereocenters. The Bertz CT molecular complexity index is 562. The van der Waals surface area contributed by atoms with Crippen molar-refractivity contribution in [1.29, 1.82) is 0 Å². The van der Waals surface area contributed by atoms with Crippen molar-refractivity contribution in [1.82, 2.24) is 15.0 Å². The Morgan fingerprint density at radius 2 is 2.06 bits per heavy atom. The molecule has 94 valence electrons. The summed E-state index contributed by atoms with van der Waals surface area (Å²) in [5.41, 5.74) is 5.44. The Morgan fingerprint density at radius 3 is 2.67 bits per heavy atom. The Hall–Kier alpha value is -1.60. The number of benzene rings is 1. The molecule has 0 saturated heterocycles.